The molecule has 0 aromatic rings. The highest BCUT2D eigenvalue weighted by atomic mass is 16.7. The average Bonchev–Trinajstić information content (AvgIpc) is 2.96. The fraction of sp³-hybridized carbons (Fsp3) is 0.500. The van der Waals surface area contributed by atoms with E-state index in [9.17, 15) is 24.0 Å². The molecule has 2 rings (SSSR count). The molecule has 8 nitrogen and oxygen atoms in total. The Labute approximate surface area is 126 Å². The van der Waals surface area contributed by atoms with Gasteiger partial charge >= 0.3 is 17.8 Å². The summed E-state index contributed by atoms with van der Waals surface area (Å²) >= 11 is 0. The molecule has 22 heavy (non-hydrogen) atoms. The molecule has 117 valence electrons. The topological polar surface area (TPSA) is 104 Å². The van der Waals surface area contributed by atoms with Crippen molar-refractivity contribution in [3.05, 3.63) is 12.2 Å². The average molecular weight is 308 g/mol. The van der Waals surface area contributed by atoms with Crippen molar-refractivity contribution in [2.75, 3.05) is 6.54 Å². The minimum Gasteiger partial charge on any atom is -0.275 e. The van der Waals surface area contributed by atoms with Crippen LogP contribution >= 0.6 is 0 Å². The summed E-state index contributed by atoms with van der Waals surface area (Å²) in [4.78, 5) is 62.5. The van der Waals surface area contributed by atoms with Crippen LogP contribution < -0.4 is 5.06 Å². The molecule has 0 N–H and O–H groups in total. The summed E-state index contributed by atoms with van der Waals surface area (Å²) in [7, 11) is 0. The van der Waals surface area contributed by atoms with E-state index in [0.29, 0.717) is 30.9 Å². The minimum atomic E-state index is -0.640. The Morgan fingerprint density at radius 2 is 1.59 bits per heavy atom. The zero-order valence-electron chi connectivity index (χ0n) is 11.9. The van der Waals surface area contributed by atoms with Crippen molar-refractivity contribution in [2.24, 2.45) is 0 Å². The van der Waals surface area contributed by atoms with E-state index in [0.717, 1.165) is 4.90 Å². The smallest absolute Gasteiger partial charge is 0.275 e. The van der Waals surface area contributed by atoms with Crippen LogP contribution in [0.4, 0.5) is 0 Å². The molecule has 0 aromatic heterocycles. The van der Waals surface area contributed by atoms with Gasteiger partial charge in [-0.3, -0.25) is 14.5 Å². The van der Waals surface area contributed by atoms with Gasteiger partial charge in [-0.1, -0.05) is 6.42 Å². The second kappa shape index (κ2) is 7.08. The van der Waals surface area contributed by atoms with E-state index in [4.69, 9.17) is 4.84 Å². The van der Waals surface area contributed by atoms with Crippen molar-refractivity contribution in [1.82, 2.24) is 9.96 Å². The summed E-state index contributed by atoms with van der Waals surface area (Å²) < 4.78 is 0. The first-order valence-electron chi connectivity index (χ1n) is 7.09. The maximum atomic E-state index is 11.5. The summed E-state index contributed by atoms with van der Waals surface area (Å²) in [5.74, 6) is -2.29. The number of amides is 4. The first-order chi connectivity index (χ1) is 10.5. The molecular formula is C14H16N2O6+. The second-order valence-electron chi connectivity index (χ2n) is 5.02. The molecule has 0 aromatic carbocycles. The van der Waals surface area contributed by atoms with Crippen LogP contribution in [-0.4, -0.2) is 41.0 Å². The number of nitrogens with zero attached hydrogens (tertiary/aromatic N) is 2. The summed E-state index contributed by atoms with van der Waals surface area (Å²) in [5.41, 5.74) is 0. The van der Waals surface area contributed by atoms with Crippen LogP contribution in [0.3, 0.4) is 0 Å². The normalized spacial score (nSPS) is 18.6. The Bertz CT molecular complexity index is 520. The lowest BCUT2D eigenvalue weighted by Gasteiger charge is -2.12. The quantitative estimate of drug-likeness (QED) is 0.370. The highest BCUT2D eigenvalue weighted by Gasteiger charge is 2.47. The van der Waals surface area contributed by atoms with Gasteiger partial charge in [0.25, 0.3) is 11.8 Å². The lowest BCUT2D eigenvalue weighted by molar-refractivity contribution is -0.177. The van der Waals surface area contributed by atoms with Crippen molar-refractivity contribution in [3.8, 4) is 0 Å². The van der Waals surface area contributed by atoms with Crippen LogP contribution in [0, 0.1) is 0 Å². The van der Waals surface area contributed by atoms with Crippen molar-refractivity contribution in [1.29, 1.82) is 0 Å². The molecule has 1 radical (unpaired) electrons. The molecule has 1 fully saturated rings. The number of carbonyl (C=O) groups is 5. The maximum absolute atomic E-state index is 11.5. The molecule has 2 aliphatic rings. The second-order valence-corrected chi connectivity index (χ2v) is 5.02. The molecule has 0 spiro atoms. The van der Waals surface area contributed by atoms with Crippen LogP contribution in [0.2, 0.25) is 0 Å². The number of hydrogen-bond acceptors (Lipinski definition) is 6. The van der Waals surface area contributed by atoms with Crippen LogP contribution in [0.25, 0.3) is 0 Å². The molecule has 0 aliphatic carbocycles. The fourth-order valence-electron chi connectivity index (χ4n) is 2.17. The highest BCUT2D eigenvalue weighted by Crippen LogP contribution is 2.11. The van der Waals surface area contributed by atoms with E-state index in [1.165, 1.54) is 12.2 Å². The van der Waals surface area contributed by atoms with Crippen molar-refractivity contribution < 1.29 is 28.8 Å². The predicted molar refractivity (Wildman–Crippen MR) is 71.8 cm³/mol. The van der Waals surface area contributed by atoms with Gasteiger partial charge < -0.3 is 0 Å². The molecule has 0 saturated carbocycles. The van der Waals surface area contributed by atoms with Gasteiger partial charge in [-0.2, -0.15) is 0 Å². The standard InChI is InChI=1S/C14H16N2O6/c17-10-5-6-11(18)15(10)9-3-1-2-4-14(21)22-16-12(19)7-8-13(16)20/h5-6H,1-4,7-9H2/q+1. The van der Waals surface area contributed by atoms with Crippen molar-refractivity contribution in [3.63, 3.8) is 0 Å². The first kappa shape index (κ1) is 16.0. The number of carbonyl (C=O) groups excluding carboxylic acids is 5. The van der Waals surface area contributed by atoms with Gasteiger partial charge in [-0.05, 0) is 12.8 Å². The van der Waals surface area contributed by atoms with E-state index >= 15 is 0 Å². The monoisotopic (exact) mass is 308 g/mol. The van der Waals surface area contributed by atoms with Gasteiger partial charge in [0.05, 0.1) is 19.3 Å². The number of unbranched alkanes of at least 4 members (excludes halogenated alkanes) is 2. The largest absolute Gasteiger partial charge is 0.418 e. The molecule has 2 heterocycles. The molecule has 8 heteroatoms. The number of imide groups is 2. The Kier molecular flexibility index (Phi) is 5.16. The summed E-state index contributed by atoms with van der Waals surface area (Å²) in [6, 6.07) is 0. The van der Waals surface area contributed by atoms with Gasteiger partial charge in [-0.15, -0.1) is 0 Å². The van der Waals surface area contributed by atoms with E-state index < -0.39 is 17.8 Å². The van der Waals surface area contributed by atoms with Gasteiger partial charge in [-0.25, -0.2) is 19.2 Å². The minimum absolute atomic E-state index is 0.0667. The predicted octanol–water partition coefficient (Wildman–Crippen LogP) is -0.0829. The number of rotatable bonds is 7. The maximum Gasteiger partial charge on any atom is 0.418 e. The fourth-order valence-corrected chi connectivity index (χ4v) is 2.17. The first-order valence-corrected chi connectivity index (χ1v) is 7.09. The summed E-state index contributed by atoms with van der Waals surface area (Å²) in [5, 5.41) is 0.523. The zero-order valence-corrected chi connectivity index (χ0v) is 11.9. The summed E-state index contributed by atoms with van der Waals surface area (Å²) in [6.07, 6.45) is 4.33. The molecule has 0 unspecified atom stereocenters. The third-order valence-electron chi connectivity index (χ3n) is 3.36. The molecule has 4 amide bonds. The molecule has 2 aliphatic heterocycles. The van der Waals surface area contributed by atoms with E-state index in [-0.39, 0.29) is 31.1 Å². The number of hydrogen-bond donors (Lipinski definition) is 0. The van der Waals surface area contributed by atoms with Gasteiger partial charge in [0, 0.05) is 18.7 Å². The lowest BCUT2D eigenvalue weighted by Crippen LogP contribution is -2.37. The SMILES string of the molecule is O=C(CCCCCN1C(=O)C=CC1=O)O[N+]1C(=O)CCC1=O. The van der Waals surface area contributed by atoms with Gasteiger partial charge in [0.15, 0.2) is 5.06 Å². The third-order valence-corrected chi connectivity index (χ3v) is 3.36. The molecular weight excluding hydrogens is 292 g/mol. The van der Waals surface area contributed by atoms with Crippen molar-refractivity contribution >= 4 is 29.6 Å². The molecule has 0 atom stereocenters. The molecule has 0 bridgehead atoms. The number of hydroxylamine groups is 2. The zero-order chi connectivity index (χ0) is 16.1. The summed E-state index contributed by atoms with van der Waals surface area (Å²) in [6.45, 7) is 0.308. The lowest BCUT2D eigenvalue weighted by atomic mass is 10.2. The van der Waals surface area contributed by atoms with Gasteiger partial charge in [0.2, 0.25) is 0 Å². The Morgan fingerprint density at radius 3 is 2.18 bits per heavy atom. The van der Waals surface area contributed by atoms with E-state index in [2.05, 4.69) is 0 Å². The Morgan fingerprint density at radius 1 is 1.00 bits per heavy atom. The Hall–Kier alpha value is -2.35. The highest BCUT2D eigenvalue weighted by molar-refractivity contribution is 6.12. The third kappa shape index (κ3) is 3.85. The van der Waals surface area contributed by atoms with E-state index in [1.54, 1.807) is 0 Å². The molecule has 1 saturated heterocycles. The van der Waals surface area contributed by atoms with Crippen molar-refractivity contribution in [2.45, 2.75) is 38.5 Å². The van der Waals surface area contributed by atoms with Crippen LogP contribution in [-0.2, 0) is 28.8 Å². The van der Waals surface area contributed by atoms with Crippen LogP contribution in [0.5, 0.6) is 0 Å². The van der Waals surface area contributed by atoms with E-state index in [1.807, 2.05) is 0 Å². The Balaban J connectivity index is 1.60. The van der Waals surface area contributed by atoms with Crippen LogP contribution in [0.1, 0.15) is 38.5 Å². The van der Waals surface area contributed by atoms with Crippen LogP contribution in [0.15, 0.2) is 12.2 Å². The van der Waals surface area contributed by atoms with Gasteiger partial charge in [0.1, 0.15) is 0 Å².